The zero-order valence-electron chi connectivity index (χ0n) is 9.89. The Labute approximate surface area is 114 Å². The third-order valence-corrected chi connectivity index (χ3v) is 2.52. The van der Waals surface area contributed by atoms with E-state index in [2.05, 4.69) is 0 Å². The molecule has 0 aliphatic carbocycles. The van der Waals surface area contributed by atoms with Crippen molar-refractivity contribution in [1.29, 1.82) is 15.8 Å². The zero-order chi connectivity index (χ0) is 16.4. The maximum absolute atomic E-state index is 12.8. The van der Waals surface area contributed by atoms with Crippen LogP contribution in [0.2, 0.25) is 0 Å². The quantitative estimate of drug-likeness (QED) is 0.745. The van der Waals surface area contributed by atoms with E-state index in [1.165, 1.54) is 6.07 Å². The van der Waals surface area contributed by atoms with Gasteiger partial charge in [-0.25, -0.2) is 0 Å². The number of benzene rings is 1. The maximum atomic E-state index is 12.8. The van der Waals surface area contributed by atoms with Gasteiger partial charge < -0.3 is 0 Å². The van der Waals surface area contributed by atoms with E-state index in [0.29, 0.717) is 0 Å². The Morgan fingerprint density at radius 3 is 1.43 bits per heavy atom. The standard InChI is InChI=1S/C12H3F6N3/c13-11(14,15)9-3-10(12(16,17)18)8(5-21)6(1-2-19)7(9)4-20/h3H,1H2. The molecule has 0 saturated heterocycles. The van der Waals surface area contributed by atoms with Gasteiger partial charge in [-0.1, -0.05) is 0 Å². The molecule has 0 heterocycles. The summed E-state index contributed by atoms with van der Waals surface area (Å²) in [6, 6.07) is 3.31. The van der Waals surface area contributed by atoms with Crippen molar-refractivity contribution >= 4 is 0 Å². The first kappa shape index (κ1) is 16.3. The number of rotatable bonds is 1. The lowest BCUT2D eigenvalue weighted by Gasteiger charge is -2.17. The summed E-state index contributed by atoms with van der Waals surface area (Å²) < 4.78 is 76.7. The van der Waals surface area contributed by atoms with E-state index in [4.69, 9.17) is 15.8 Å². The van der Waals surface area contributed by atoms with Crippen LogP contribution < -0.4 is 0 Å². The molecule has 3 nitrogen and oxygen atoms in total. The van der Waals surface area contributed by atoms with Gasteiger partial charge in [0.1, 0.15) is 12.1 Å². The number of nitrogens with zero attached hydrogens (tertiary/aromatic N) is 3. The van der Waals surface area contributed by atoms with Crippen LogP contribution in [0.1, 0.15) is 27.8 Å². The highest BCUT2D eigenvalue weighted by Crippen LogP contribution is 2.41. The van der Waals surface area contributed by atoms with Gasteiger partial charge in [0.05, 0.1) is 34.7 Å². The molecule has 0 amide bonds. The first-order valence-corrected chi connectivity index (χ1v) is 5.09. The van der Waals surface area contributed by atoms with Gasteiger partial charge in [0.25, 0.3) is 0 Å². The van der Waals surface area contributed by atoms with Crippen molar-refractivity contribution in [3.63, 3.8) is 0 Å². The number of nitriles is 3. The summed E-state index contributed by atoms with van der Waals surface area (Å²) >= 11 is 0. The molecule has 0 aliphatic heterocycles. The van der Waals surface area contributed by atoms with Crippen molar-refractivity contribution in [1.82, 2.24) is 0 Å². The van der Waals surface area contributed by atoms with E-state index in [1.54, 1.807) is 0 Å². The van der Waals surface area contributed by atoms with Gasteiger partial charge in [-0.05, 0) is 6.07 Å². The molecule has 9 heteroatoms. The van der Waals surface area contributed by atoms with Crippen molar-refractivity contribution in [2.24, 2.45) is 0 Å². The minimum absolute atomic E-state index is 0.280. The molecule has 0 aromatic heterocycles. The SMILES string of the molecule is N#CCc1c(C#N)c(C(F)(F)F)cc(C(F)(F)F)c1C#N. The van der Waals surface area contributed by atoms with Gasteiger partial charge in [-0.15, -0.1) is 0 Å². The van der Waals surface area contributed by atoms with Crippen molar-refractivity contribution in [2.45, 2.75) is 18.8 Å². The molecule has 1 rings (SSSR count). The Hall–Kier alpha value is -2.73. The molecule has 0 saturated carbocycles. The lowest BCUT2D eigenvalue weighted by molar-refractivity contribution is -0.143. The highest BCUT2D eigenvalue weighted by atomic mass is 19.4. The van der Waals surface area contributed by atoms with Crippen molar-refractivity contribution in [3.8, 4) is 18.2 Å². The number of halogens is 6. The molecule has 0 bridgehead atoms. The molecule has 0 N–H and O–H groups in total. The third-order valence-electron chi connectivity index (χ3n) is 2.52. The van der Waals surface area contributed by atoms with E-state index in [-0.39, 0.29) is 6.07 Å². The van der Waals surface area contributed by atoms with Crippen molar-refractivity contribution < 1.29 is 26.3 Å². The van der Waals surface area contributed by atoms with E-state index in [1.807, 2.05) is 0 Å². The Balaban J connectivity index is 3.98. The second kappa shape index (κ2) is 5.34. The summed E-state index contributed by atoms with van der Waals surface area (Å²) in [5.41, 5.74) is -6.80. The molecule has 0 aliphatic rings. The smallest absolute Gasteiger partial charge is 0.198 e. The van der Waals surface area contributed by atoms with Gasteiger partial charge in [0.2, 0.25) is 0 Å². The Bertz CT molecular complexity index is 644. The number of hydrogen-bond acceptors (Lipinski definition) is 3. The zero-order valence-corrected chi connectivity index (χ0v) is 9.89. The molecule has 21 heavy (non-hydrogen) atoms. The van der Waals surface area contributed by atoms with Crippen LogP contribution in [0.25, 0.3) is 0 Å². The predicted molar refractivity (Wildman–Crippen MR) is 55.2 cm³/mol. The van der Waals surface area contributed by atoms with Crippen LogP contribution in [-0.4, -0.2) is 0 Å². The molecule has 0 fully saturated rings. The molecule has 108 valence electrons. The monoisotopic (exact) mass is 303 g/mol. The number of hydrogen-bond donors (Lipinski definition) is 0. The summed E-state index contributed by atoms with van der Waals surface area (Å²) in [5.74, 6) is 0. The van der Waals surface area contributed by atoms with Crippen LogP contribution >= 0.6 is 0 Å². The topological polar surface area (TPSA) is 71.4 Å². The lowest BCUT2D eigenvalue weighted by atomic mass is 9.90. The second-order valence-corrected chi connectivity index (χ2v) is 3.75. The van der Waals surface area contributed by atoms with Crippen LogP contribution in [0.3, 0.4) is 0 Å². The summed E-state index contributed by atoms with van der Waals surface area (Å²) in [4.78, 5) is 0. The molecule has 0 atom stereocenters. The van der Waals surface area contributed by atoms with Gasteiger partial charge in [-0.2, -0.15) is 42.1 Å². The highest BCUT2D eigenvalue weighted by Gasteiger charge is 2.42. The van der Waals surface area contributed by atoms with Crippen LogP contribution in [0.4, 0.5) is 26.3 Å². The molecular formula is C12H3F6N3. The summed E-state index contributed by atoms with van der Waals surface area (Å²) in [6.07, 6.45) is -11.4. The molecular weight excluding hydrogens is 300 g/mol. The predicted octanol–water partition coefficient (Wildman–Crippen LogP) is 3.53. The van der Waals surface area contributed by atoms with Gasteiger partial charge in [0, 0.05) is 5.56 Å². The van der Waals surface area contributed by atoms with E-state index in [0.717, 1.165) is 12.1 Å². The fraction of sp³-hybridized carbons (Fsp3) is 0.250. The van der Waals surface area contributed by atoms with E-state index in [9.17, 15) is 26.3 Å². The fourth-order valence-corrected chi connectivity index (χ4v) is 1.70. The van der Waals surface area contributed by atoms with Crippen molar-refractivity contribution in [3.05, 3.63) is 33.9 Å². The summed E-state index contributed by atoms with van der Waals surface area (Å²) in [7, 11) is 0. The molecule has 0 spiro atoms. The summed E-state index contributed by atoms with van der Waals surface area (Å²) in [5, 5.41) is 26.0. The molecule has 0 unspecified atom stereocenters. The van der Waals surface area contributed by atoms with Crippen molar-refractivity contribution in [2.75, 3.05) is 0 Å². The van der Waals surface area contributed by atoms with E-state index >= 15 is 0 Å². The minimum atomic E-state index is -5.22. The Morgan fingerprint density at radius 2 is 1.19 bits per heavy atom. The van der Waals surface area contributed by atoms with Crippen LogP contribution in [0, 0.1) is 34.0 Å². The average molecular weight is 303 g/mol. The maximum Gasteiger partial charge on any atom is 0.417 e. The van der Waals surface area contributed by atoms with Gasteiger partial charge in [-0.3, -0.25) is 0 Å². The fourth-order valence-electron chi connectivity index (χ4n) is 1.70. The second-order valence-electron chi connectivity index (χ2n) is 3.75. The molecule has 0 radical (unpaired) electrons. The Morgan fingerprint density at radius 1 is 0.810 bits per heavy atom. The lowest BCUT2D eigenvalue weighted by Crippen LogP contribution is -2.17. The van der Waals surface area contributed by atoms with Gasteiger partial charge >= 0.3 is 12.4 Å². The normalized spacial score (nSPS) is 11.4. The molecule has 1 aromatic rings. The van der Waals surface area contributed by atoms with Crippen LogP contribution in [-0.2, 0) is 18.8 Å². The minimum Gasteiger partial charge on any atom is -0.198 e. The number of alkyl halides is 6. The highest BCUT2D eigenvalue weighted by molar-refractivity contribution is 5.59. The molecule has 1 aromatic carbocycles. The first-order chi connectivity index (χ1) is 9.57. The third kappa shape index (κ3) is 3.06. The summed E-state index contributed by atoms with van der Waals surface area (Å²) in [6.45, 7) is 0. The largest absolute Gasteiger partial charge is 0.417 e. The van der Waals surface area contributed by atoms with Crippen LogP contribution in [0.15, 0.2) is 6.07 Å². The van der Waals surface area contributed by atoms with E-state index < -0.39 is 46.6 Å². The Kier molecular flexibility index (Phi) is 4.15. The van der Waals surface area contributed by atoms with Gasteiger partial charge in [0.15, 0.2) is 0 Å². The van der Waals surface area contributed by atoms with Crippen LogP contribution in [0.5, 0.6) is 0 Å². The average Bonchev–Trinajstić information content (AvgIpc) is 2.35. The first-order valence-electron chi connectivity index (χ1n) is 5.09.